The molecule has 2 aromatic rings. The number of carbonyl (C=O) groups excluding carboxylic acids is 2. The monoisotopic (exact) mass is 439 g/mol. The topological polar surface area (TPSA) is 79.7 Å². The first kappa shape index (κ1) is 22.3. The van der Waals surface area contributed by atoms with Gasteiger partial charge >= 0.3 is 0 Å². The average Bonchev–Trinajstić information content (AvgIpc) is 3.56. The summed E-state index contributed by atoms with van der Waals surface area (Å²) in [6.45, 7) is 7.32. The van der Waals surface area contributed by atoms with Crippen molar-refractivity contribution < 1.29 is 14.3 Å². The van der Waals surface area contributed by atoms with Gasteiger partial charge in [-0.3, -0.25) is 14.5 Å². The Hall–Kier alpha value is -2.87. The second-order valence-corrected chi connectivity index (χ2v) is 8.76. The van der Waals surface area contributed by atoms with Crippen LogP contribution < -0.4 is 10.1 Å². The molecule has 2 aliphatic rings. The molecule has 1 saturated carbocycles. The van der Waals surface area contributed by atoms with Gasteiger partial charge in [-0.05, 0) is 50.8 Å². The minimum Gasteiger partial charge on any atom is -0.497 e. The Morgan fingerprint density at radius 3 is 2.59 bits per heavy atom. The van der Waals surface area contributed by atoms with Gasteiger partial charge in [0.2, 0.25) is 11.8 Å². The maximum Gasteiger partial charge on any atom is 0.234 e. The molecule has 2 amide bonds. The van der Waals surface area contributed by atoms with Gasteiger partial charge in [0.1, 0.15) is 5.75 Å². The van der Waals surface area contributed by atoms with Crippen molar-refractivity contribution in [2.45, 2.75) is 45.6 Å². The second kappa shape index (κ2) is 9.73. The summed E-state index contributed by atoms with van der Waals surface area (Å²) in [7, 11) is 1.65. The summed E-state index contributed by atoms with van der Waals surface area (Å²) in [5, 5.41) is 7.73. The van der Waals surface area contributed by atoms with Crippen molar-refractivity contribution in [3.05, 3.63) is 41.2 Å². The lowest BCUT2D eigenvalue weighted by molar-refractivity contribution is -0.133. The molecule has 1 aromatic heterocycles. The highest BCUT2D eigenvalue weighted by atomic mass is 16.5. The van der Waals surface area contributed by atoms with E-state index >= 15 is 0 Å². The Morgan fingerprint density at radius 1 is 1.16 bits per heavy atom. The molecule has 32 heavy (non-hydrogen) atoms. The van der Waals surface area contributed by atoms with E-state index < -0.39 is 0 Å². The van der Waals surface area contributed by atoms with Gasteiger partial charge in [0.15, 0.2) is 0 Å². The number of aryl methyl sites for hydroxylation is 1. The number of ether oxygens (including phenoxy) is 1. The summed E-state index contributed by atoms with van der Waals surface area (Å²) in [5.41, 5.74) is 4.07. The van der Waals surface area contributed by atoms with E-state index in [4.69, 9.17) is 9.84 Å². The lowest BCUT2D eigenvalue weighted by Gasteiger charge is -2.34. The third-order valence-electron chi connectivity index (χ3n) is 6.36. The number of nitrogens with one attached hydrogen (secondary N) is 1. The van der Waals surface area contributed by atoms with Gasteiger partial charge in [0.05, 0.1) is 25.0 Å². The fraction of sp³-hybridized carbons (Fsp3) is 0.542. The number of nitrogens with zero attached hydrogens (tertiary/aromatic N) is 4. The molecule has 172 valence electrons. The van der Waals surface area contributed by atoms with Gasteiger partial charge in [-0.15, -0.1) is 0 Å². The highest BCUT2D eigenvalue weighted by molar-refractivity contribution is 5.79. The van der Waals surface area contributed by atoms with Crippen LogP contribution >= 0.6 is 0 Å². The van der Waals surface area contributed by atoms with Crippen molar-refractivity contribution in [2.24, 2.45) is 0 Å². The van der Waals surface area contributed by atoms with Crippen LogP contribution in [-0.2, 0) is 16.0 Å². The van der Waals surface area contributed by atoms with Crippen LogP contribution in [0.2, 0.25) is 0 Å². The molecular formula is C24H33N5O3. The summed E-state index contributed by atoms with van der Waals surface area (Å²) >= 11 is 0. The van der Waals surface area contributed by atoms with Crippen LogP contribution in [0.4, 0.5) is 0 Å². The van der Waals surface area contributed by atoms with Gasteiger partial charge in [-0.25, -0.2) is 4.68 Å². The molecule has 1 aromatic carbocycles. The Bertz CT molecular complexity index is 974. The number of hydrogen-bond donors (Lipinski definition) is 1. The molecule has 2 fully saturated rings. The molecular weight excluding hydrogens is 406 g/mol. The van der Waals surface area contributed by atoms with E-state index in [2.05, 4.69) is 10.2 Å². The Balaban J connectivity index is 1.29. The third-order valence-corrected chi connectivity index (χ3v) is 6.36. The molecule has 0 radical (unpaired) electrons. The van der Waals surface area contributed by atoms with E-state index in [-0.39, 0.29) is 11.8 Å². The molecule has 8 heteroatoms. The van der Waals surface area contributed by atoms with Crippen LogP contribution in [0.25, 0.3) is 5.69 Å². The smallest absolute Gasteiger partial charge is 0.234 e. The number of rotatable bonds is 8. The average molecular weight is 440 g/mol. The lowest BCUT2D eigenvalue weighted by atomic mass is 10.1. The SMILES string of the molecule is COc1cccc(-n2nc(C)c(CCC(=O)N3CCN(CC(=O)NC4CC4)CC3)c2C)c1. The van der Waals surface area contributed by atoms with Crippen LogP contribution in [0.3, 0.4) is 0 Å². The zero-order chi connectivity index (χ0) is 22.7. The highest BCUT2D eigenvalue weighted by Gasteiger charge is 2.26. The van der Waals surface area contributed by atoms with E-state index in [1.807, 2.05) is 47.7 Å². The van der Waals surface area contributed by atoms with Gasteiger partial charge in [-0.1, -0.05) is 6.07 Å². The molecule has 0 spiro atoms. The first-order chi connectivity index (χ1) is 15.4. The Morgan fingerprint density at radius 2 is 1.91 bits per heavy atom. The van der Waals surface area contributed by atoms with E-state index in [1.165, 1.54) is 0 Å². The molecule has 0 bridgehead atoms. The third kappa shape index (κ3) is 5.30. The summed E-state index contributed by atoms with van der Waals surface area (Å²) in [5.74, 6) is 1.06. The fourth-order valence-corrected chi connectivity index (χ4v) is 4.28. The number of piperazine rings is 1. The number of hydrogen-bond acceptors (Lipinski definition) is 5. The van der Waals surface area contributed by atoms with E-state index in [1.54, 1.807) is 7.11 Å². The second-order valence-electron chi connectivity index (χ2n) is 8.76. The zero-order valence-corrected chi connectivity index (χ0v) is 19.3. The summed E-state index contributed by atoms with van der Waals surface area (Å²) in [4.78, 5) is 28.9. The summed E-state index contributed by atoms with van der Waals surface area (Å²) in [6.07, 6.45) is 3.34. The normalized spacial score (nSPS) is 16.8. The number of carbonyl (C=O) groups is 2. The summed E-state index contributed by atoms with van der Waals surface area (Å²) in [6, 6.07) is 8.21. The number of methoxy groups -OCH3 is 1. The predicted octanol–water partition coefficient (Wildman–Crippen LogP) is 1.85. The van der Waals surface area contributed by atoms with Crippen molar-refractivity contribution in [3.8, 4) is 11.4 Å². The van der Waals surface area contributed by atoms with Gasteiger partial charge in [0, 0.05) is 50.4 Å². The molecule has 1 N–H and O–H groups in total. The standard InChI is InChI=1S/C24H33N5O3/c1-17-22(18(2)29(26-17)20-5-4-6-21(15-20)32-3)9-10-24(31)28-13-11-27(12-14-28)16-23(30)25-19-7-8-19/h4-6,15,19H,7-14,16H2,1-3H3,(H,25,30). The van der Waals surface area contributed by atoms with Gasteiger partial charge in [0.25, 0.3) is 0 Å². The first-order valence-electron chi connectivity index (χ1n) is 11.4. The Kier molecular flexibility index (Phi) is 6.79. The van der Waals surface area contributed by atoms with Crippen LogP contribution in [0.15, 0.2) is 24.3 Å². The molecule has 1 aliphatic carbocycles. The van der Waals surface area contributed by atoms with Gasteiger partial charge in [-0.2, -0.15) is 5.10 Å². The molecule has 0 unspecified atom stereocenters. The molecule has 2 heterocycles. The molecule has 1 saturated heterocycles. The van der Waals surface area contributed by atoms with Gasteiger partial charge < -0.3 is 15.0 Å². The van der Waals surface area contributed by atoms with Crippen LogP contribution in [0, 0.1) is 13.8 Å². The van der Waals surface area contributed by atoms with Crippen molar-refractivity contribution in [3.63, 3.8) is 0 Å². The van der Waals surface area contributed by atoms with Crippen LogP contribution in [-0.4, -0.2) is 77.3 Å². The largest absolute Gasteiger partial charge is 0.497 e. The van der Waals surface area contributed by atoms with Crippen LogP contribution in [0.5, 0.6) is 5.75 Å². The van der Waals surface area contributed by atoms with Crippen molar-refractivity contribution in [2.75, 3.05) is 39.8 Å². The van der Waals surface area contributed by atoms with E-state index in [0.717, 1.165) is 54.3 Å². The minimum absolute atomic E-state index is 0.103. The quantitative estimate of drug-likeness (QED) is 0.679. The number of benzene rings is 1. The first-order valence-corrected chi connectivity index (χ1v) is 11.4. The minimum atomic E-state index is 0.103. The zero-order valence-electron chi connectivity index (χ0n) is 19.3. The number of amides is 2. The molecule has 8 nitrogen and oxygen atoms in total. The maximum absolute atomic E-state index is 12.8. The van der Waals surface area contributed by atoms with Crippen LogP contribution in [0.1, 0.15) is 36.2 Å². The molecule has 4 rings (SSSR count). The van der Waals surface area contributed by atoms with Crippen molar-refractivity contribution in [1.29, 1.82) is 0 Å². The highest BCUT2D eigenvalue weighted by Crippen LogP contribution is 2.22. The maximum atomic E-state index is 12.8. The molecule has 0 atom stereocenters. The van der Waals surface area contributed by atoms with E-state index in [0.29, 0.717) is 38.5 Å². The van der Waals surface area contributed by atoms with Crippen molar-refractivity contribution >= 4 is 11.8 Å². The fourth-order valence-electron chi connectivity index (χ4n) is 4.28. The predicted molar refractivity (Wildman–Crippen MR) is 122 cm³/mol. The van der Waals surface area contributed by atoms with Crippen molar-refractivity contribution in [1.82, 2.24) is 24.9 Å². The lowest BCUT2D eigenvalue weighted by Crippen LogP contribution is -2.51. The number of aromatic nitrogens is 2. The van der Waals surface area contributed by atoms with E-state index in [9.17, 15) is 9.59 Å². The summed E-state index contributed by atoms with van der Waals surface area (Å²) < 4.78 is 7.25. The Labute approximate surface area is 189 Å². The molecule has 1 aliphatic heterocycles.